The first-order valence-corrected chi connectivity index (χ1v) is 8.71. The number of amides is 2. The Bertz CT molecular complexity index is 852. The Hall–Kier alpha value is -2.70. The summed E-state index contributed by atoms with van der Waals surface area (Å²) in [4.78, 5) is 24.1. The van der Waals surface area contributed by atoms with Gasteiger partial charge in [-0.3, -0.25) is 14.9 Å². The Balaban J connectivity index is 2.00. The van der Waals surface area contributed by atoms with Gasteiger partial charge in [0, 0.05) is 17.6 Å². The number of carbonyl (C=O) groups excluding carboxylic acids is 2. The molecule has 0 aliphatic heterocycles. The van der Waals surface area contributed by atoms with Gasteiger partial charge in [-0.05, 0) is 49.0 Å². The van der Waals surface area contributed by atoms with Crippen molar-refractivity contribution in [1.29, 1.82) is 0 Å². The summed E-state index contributed by atoms with van der Waals surface area (Å²) in [7, 11) is 0. The number of halogens is 1. The Morgan fingerprint density at radius 1 is 1.12 bits per heavy atom. The predicted molar refractivity (Wildman–Crippen MR) is 109 cm³/mol. The molecule has 134 valence electrons. The molecular weight excluding hydrogens is 370 g/mol. The maximum atomic E-state index is 12.1. The van der Waals surface area contributed by atoms with Crippen LogP contribution in [0.4, 0.5) is 5.69 Å². The molecule has 2 rings (SSSR count). The van der Waals surface area contributed by atoms with Crippen LogP contribution in [-0.4, -0.2) is 23.5 Å². The molecule has 0 aromatic heterocycles. The number of thiocarbonyl (C=S) groups is 1. The van der Waals surface area contributed by atoms with Crippen molar-refractivity contribution in [3.63, 3.8) is 0 Å². The molecule has 0 fully saturated rings. The molecule has 2 amide bonds. The number of carbonyl (C=O) groups is 2. The largest absolute Gasteiger partial charge is 0.352 e. The molecule has 0 spiro atoms. The zero-order valence-electron chi connectivity index (χ0n) is 14.1. The minimum atomic E-state index is -0.405. The van der Waals surface area contributed by atoms with E-state index >= 15 is 0 Å². The van der Waals surface area contributed by atoms with Gasteiger partial charge in [-0.1, -0.05) is 41.9 Å². The second kappa shape index (κ2) is 9.70. The fraction of sp³-hybridized carbons (Fsp3) is 0.105. The molecule has 2 aromatic rings. The summed E-state index contributed by atoms with van der Waals surface area (Å²) in [5.74, 6) is -0.624. The van der Waals surface area contributed by atoms with E-state index in [4.69, 9.17) is 23.8 Å². The standard InChI is InChI=1S/C19H18ClN3O2S/c1-2-21-18(25)14-8-4-6-10-16(14)22-19(26)23-17(24)12-11-13-7-3-5-9-15(13)20/h3-12H,2H2,1H3,(H,21,25)(H2,22,23,24,26)/b12-11+. The van der Waals surface area contributed by atoms with E-state index in [-0.39, 0.29) is 11.0 Å². The van der Waals surface area contributed by atoms with Crippen molar-refractivity contribution in [1.82, 2.24) is 10.6 Å². The molecule has 0 aliphatic rings. The van der Waals surface area contributed by atoms with Gasteiger partial charge in [-0.25, -0.2) is 0 Å². The topological polar surface area (TPSA) is 70.2 Å². The van der Waals surface area contributed by atoms with E-state index in [0.717, 1.165) is 5.56 Å². The van der Waals surface area contributed by atoms with Crippen LogP contribution in [0.25, 0.3) is 6.08 Å². The van der Waals surface area contributed by atoms with Gasteiger partial charge in [0.05, 0.1) is 11.3 Å². The maximum absolute atomic E-state index is 12.1. The number of nitrogens with one attached hydrogen (secondary N) is 3. The fourth-order valence-electron chi connectivity index (χ4n) is 2.13. The SMILES string of the molecule is CCNC(=O)c1ccccc1NC(=S)NC(=O)/C=C/c1ccccc1Cl. The van der Waals surface area contributed by atoms with Crippen molar-refractivity contribution in [2.45, 2.75) is 6.92 Å². The molecule has 0 bridgehead atoms. The van der Waals surface area contributed by atoms with Gasteiger partial charge in [0.15, 0.2) is 5.11 Å². The molecule has 0 saturated heterocycles. The van der Waals surface area contributed by atoms with Crippen LogP contribution in [0, 0.1) is 0 Å². The first kappa shape index (κ1) is 19.6. The average Bonchev–Trinajstić information content (AvgIpc) is 2.61. The highest BCUT2D eigenvalue weighted by molar-refractivity contribution is 7.80. The Morgan fingerprint density at radius 2 is 1.81 bits per heavy atom. The van der Waals surface area contributed by atoms with Crippen LogP contribution in [0.1, 0.15) is 22.8 Å². The summed E-state index contributed by atoms with van der Waals surface area (Å²) in [5, 5.41) is 8.77. The fourth-order valence-corrected chi connectivity index (χ4v) is 2.54. The summed E-state index contributed by atoms with van der Waals surface area (Å²) in [6.07, 6.45) is 2.94. The molecule has 0 radical (unpaired) electrons. The van der Waals surface area contributed by atoms with Gasteiger partial charge >= 0.3 is 0 Å². The summed E-state index contributed by atoms with van der Waals surface area (Å²) >= 11 is 11.2. The van der Waals surface area contributed by atoms with Crippen LogP contribution >= 0.6 is 23.8 Å². The number of rotatable bonds is 5. The van der Waals surface area contributed by atoms with Crippen LogP contribution in [0.3, 0.4) is 0 Å². The molecule has 0 saturated carbocycles. The zero-order valence-corrected chi connectivity index (χ0v) is 15.7. The highest BCUT2D eigenvalue weighted by Gasteiger charge is 2.11. The molecule has 0 aliphatic carbocycles. The number of benzene rings is 2. The van der Waals surface area contributed by atoms with Gasteiger partial charge in [0.1, 0.15) is 0 Å². The van der Waals surface area contributed by atoms with E-state index in [1.807, 2.05) is 19.1 Å². The Labute approximate surface area is 162 Å². The van der Waals surface area contributed by atoms with Gasteiger partial charge in [0.2, 0.25) is 5.91 Å². The first-order chi connectivity index (χ1) is 12.5. The molecule has 0 unspecified atom stereocenters. The van der Waals surface area contributed by atoms with E-state index in [1.165, 1.54) is 6.08 Å². The van der Waals surface area contributed by atoms with Crippen molar-refractivity contribution in [2.24, 2.45) is 0 Å². The number of hydrogen-bond donors (Lipinski definition) is 3. The normalized spacial score (nSPS) is 10.4. The van der Waals surface area contributed by atoms with Crippen LogP contribution < -0.4 is 16.0 Å². The van der Waals surface area contributed by atoms with Crippen molar-refractivity contribution in [3.05, 3.63) is 70.8 Å². The number of anilines is 1. The number of para-hydroxylation sites is 1. The summed E-state index contributed by atoms with van der Waals surface area (Å²) in [6, 6.07) is 14.1. The molecule has 7 heteroatoms. The van der Waals surface area contributed by atoms with Crippen molar-refractivity contribution in [3.8, 4) is 0 Å². The van der Waals surface area contributed by atoms with Crippen LogP contribution in [0.5, 0.6) is 0 Å². The number of hydrogen-bond acceptors (Lipinski definition) is 3. The average molecular weight is 388 g/mol. The molecule has 3 N–H and O–H groups in total. The quantitative estimate of drug-likeness (QED) is 0.541. The van der Waals surface area contributed by atoms with Gasteiger partial charge in [0.25, 0.3) is 5.91 Å². The monoisotopic (exact) mass is 387 g/mol. The third-order valence-corrected chi connectivity index (χ3v) is 3.86. The Morgan fingerprint density at radius 3 is 2.54 bits per heavy atom. The lowest BCUT2D eigenvalue weighted by molar-refractivity contribution is -0.115. The third-order valence-electron chi connectivity index (χ3n) is 3.31. The van der Waals surface area contributed by atoms with E-state index in [2.05, 4.69) is 16.0 Å². The predicted octanol–water partition coefficient (Wildman–Crippen LogP) is 3.62. The molecular formula is C19H18ClN3O2S. The third kappa shape index (κ3) is 5.68. The van der Waals surface area contributed by atoms with E-state index in [1.54, 1.807) is 42.5 Å². The van der Waals surface area contributed by atoms with Gasteiger partial charge in [-0.15, -0.1) is 0 Å². The molecule has 2 aromatic carbocycles. The first-order valence-electron chi connectivity index (χ1n) is 7.93. The summed E-state index contributed by atoms with van der Waals surface area (Å²) < 4.78 is 0. The second-order valence-corrected chi connectivity index (χ2v) is 6.02. The van der Waals surface area contributed by atoms with Crippen LogP contribution in [-0.2, 0) is 4.79 Å². The minimum absolute atomic E-state index is 0.0931. The van der Waals surface area contributed by atoms with E-state index in [0.29, 0.717) is 22.8 Å². The molecule has 0 heterocycles. The summed E-state index contributed by atoms with van der Waals surface area (Å²) in [5.41, 5.74) is 1.68. The lowest BCUT2D eigenvalue weighted by Crippen LogP contribution is -2.34. The lowest BCUT2D eigenvalue weighted by atomic mass is 10.1. The summed E-state index contributed by atoms with van der Waals surface area (Å²) in [6.45, 7) is 2.35. The molecule has 26 heavy (non-hydrogen) atoms. The lowest BCUT2D eigenvalue weighted by Gasteiger charge is -2.12. The van der Waals surface area contributed by atoms with Gasteiger partial charge in [-0.2, -0.15) is 0 Å². The van der Waals surface area contributed by atoms with Crippen molar-refractivity contribution < 1.29 is 9.59 Å². The highest BCUT2D eigenvalue weighted by Crippen LogP contribution is 2.16. The van der Waals surface area contributed by atoms with Crippen LogP contribution in [0.15, 0.2) is 54.6 Å². The molecule has 0 atom stereocenters. The van der Waals surface area contributed by atoms with E-state index in [9.17, 15) is 9.59 Å². The highest BCUT2D eigenvalue weighted by atomic mass is 35.5. The Kier molecular flexibility index (Phi) is 7.32. The zero-order chi connectivity index (χ0) is 18.9. The van der Waals surface area contributed by atoms with Crippen molar-refractivity contribution >= 4 is 52.5 Å². The van der Waals surface area contributed by atoms with E-state index < -0.39 is 5.91 Å². The smallest absolute Gasteiger partial charge is 0.253 e. The van der Waals surface area contributed by atoms with Crippen LogP contribution in [0.2, 0.25) is 5.02 Å². The minimum Gasteiger partial charge on any atom is -0.352 e. The van der Waals surface area contributed by atoms with Gasteiger partial charge < -0.3 is 10.6 Å². The van der Waals surface area contributed by atoms with Crippen molar-refractivity contribution in [2.75, 3.05) is 11.9 Å². The molecule has 5 nitrogen and oxygen atoms in total. The maximum Gasteiger partial charge on any atom is 0.253 e. The second-order valence-electron chi connectivity index (χ2n) is 5.20.